The van der Waals surface area contributed by atoms with Gasteiger partial charge in [0, 0.05) is 13.1 Å². The van der Waals surface area contributed by atoms with Gasteiger partial charge < -0.3 is 24.8 Å². The number of anilines is 1. The topological polar surface area (TPSA) is 106 Å². The van der Waals surface area contributed by atoms with Gasteiger partial charge in [0.15, 0.2) is 5.69 Å². The third kappa shape index (κ3) is 6.40. The molecule has 1 unspecified atom stereocenters. The minimum absolute atomic E-state index is 0.0960. The second-order valence-electron chi connectivity index (χ2n) is 9.09. The molecule has 3 aromatic rings. The van der Waals surface area contributed by atoms with Crippen LogP contribution >= 0.6 is 0 Å². The second-order valence-corrected chi connectivity index (χ2v) is 9.09. The van der Waals surface area contributed by atoms with E-state index in [1.54, 1.807) is 24.0 Å². The zero-order chi connectivity index (χ0) is 28.2. The van der Waals surface area contributed by atoms with Crippen molar-refractivity contribution in [3.8, 4) is 0 Å². The fraction of sp³-hybridized carbons (Fsp3) is 0.370. The molecule has 39 heavy (non-hydrogen) atoms. The largest absolute Gasteiger partial charge is 0.465 e. The number of carbonyl (C=O) groups is 2. The molecule has 0 fully saturated rings. The van der Waals surface area contributed by atoms with E-state index in [9.17, 15) is 22.8 Å². The van der Waals surface area contributed by atoms with Crippen LogP contribution in [0, 0.1) is 0 Å². The molecular weight excluding hydrogens is 517 g/mol. The number of aliphatic hydroxyl groups excluding tert-OH is 1. The molecule has 0 aliphatic carbocycles. The number of amides is 1. The molecule has 12 heteroatoms. The van der Waals surface area contributed by atoms with Gasteiger partial charge in [0.25, 0.3) is 5.91 Å². The van der Waals surface area contributed by atoms with Gasteiger partial charge in [-0.1, -0.05) is 36.4 Å². The third-order valence-corrected chi connectivity index (χ3v) is 6.35. The van der Waals surface area contributed by atoms with E-state index in [1.165, 1.54) is 23.9 Å². The van der Waals surface area contributed by atoms with Crippen LogP contribution in [0.2, 0.25) is 0 Å². The summed E-state index contributed by atoms with van der Waals surface area (Å²) in [5, 5.41) is 15.3. The van der Waals surface area contributed by atoms with Crippen molar-refractivity contribution in [1.29, 1.82) is 0 Å². The first-order chi connectivity index (χ1) is 18.6. The van der Waals surface area contributed by atoms with Gasteiger partial charge in [-0.05, 0) is 35.7 Å². The van der Waals surface area contributed by atoms with E-state index >= 15 is 0 Å². The molecular formula is C27H29F3N4O5. The maximum atomic E-state index is 14.0. The number of fused-ring (bicyclic) bond motifs is 1. The summed E-state index contributed by atoms with van der Waals surface area (Å²) in [5.41, 5.74) is 0.835. The van der Waals surface area contributed by atoms with Crippen molar-refractivity contribution in [3.63, 3.8) is 0 Å². The van der Waals surface area contributed by atoms with Crippen molar-refractivity contribution in [3.05, 3.63) is 82.0 Å². The average Bonchev–Trinajstić information content (AvgIpc) is 3.49. The zero-order valence-electron chi connectivity index (χ0n) is 21.5. The van der Waals surface area contributed by atoms with Crippen LogP contribution in [0.25, 0.3) is 0 Å². The van der Waals surface area contributed by atoms with Crippen LogP contribution in [0.5, 0.6) is 0 Å². The number of alkyl halides is 3. The highest BCUT2D eigenvalue weighted by Crippen LogP contribution is 2.38. The molecule has 0 saturated heterocycles. The average molecular weight is 547 g/mol. The summed E-state index contributed by atoms with van der Waals surface area (Å²) < 4.78 is 53.2. The number of aliphatic hydroxyl groups is 1. The molecule has 0 spiro atoms. The predicted octanol–water partition coefficient (Wildman–Crippen LogP) is 3.71. The summed E-state index contributed by atoms with van der Waals surface area (Å²) in [6, 6.07) is 13.0. The monoisotopic (exact) mass is 546 g/mol. The lowest BCUT2D eigenvalue weighted by molar-refractivity contribution is -0.141. The minimum Gasteiger partial charge on any atom is -0.465 e. The van der Waals surface area contributed by atoms with Crippen LogP contribution in [-0.2, 0) is 35.3 Å². The highest BCUT2D eigenvalue weighted by Gasteiger charge is 2.44. The van der Waals surface area contributed by atoms with Crippen molar-refractivity contribution in [2.75, 3.05) is 31.8 Å². The molecule has 0 bridgehead atoms. The Morgan fingerprint density at radius 3 is 2.51 bits per heavy atom. The molecule has 0 saturated carbocycles. The summed E-state index contributed by atoms with van der Waals surface area (Å²) in [4.78, 5) is 26.7. The molecule has 1 amide bonds. The second kappa shape index (κ2) is 11.9. The molecule has 2 N–H and O–H groups in total. The summed E-state index contributed by atoms with van der Waals surface area (Å²) in [7, 11) is 1.26. The van der Waals surface area contributed by atoms with Crippen LogP contribution in [-0.4, -0.2) is 53.6 Å². The number of hydrogen-bond donors (Lipinski definition) is 2. The van der Waals surface area contributed by atoms with E-state index in [2.05, 4.69) is 15.2 Å². The normalized spacial score (nSPS) is 13.7. The standard InChI is InChI=1S/C27H29F3N4O5/c1-17(20-6-8-21(9-7-20)26(37)38-2)31-24(36)22-23(27(28,29)30)32-34-11-10-33(25(22)34)15-18-4-3-5-19(14-18)16-39-13-12-35/h3-9,14,17,35H,10-13,15-16H2,1-2H3,(H,31,36). The van der Waals surface area contributed by atoms with Crippen molar-refractivity contribution >= 4 is 17.7 Å². The lowest BCUT2D eigenvalue weighted by Gasteiger charge is -2.21. The highest BCUT2D eigenvalue weighted by molar-refractivity contribution is 6.01. The first-order valence-electron chi connectivity index (χ1n) is 12.3. The number of hydrogen-bond acceptors (Lipinski definition) is 7. The van der Waals surface area contributed by atoms with Gasteiger partial charge in [0.2, 0.25) is 0 Å². The molecule has 1 atom stereocenters. The van der Waals surface area contributed by atoms with Gasteiger partial charge in [-0.2, -0.15) is 18.3 Å². The molecule has 1 aliphatic heterocycles. The Balaban J connectivity index is 1.58. The van der Waals surface area contributed by atoms with Crippen molar-refractivity contribution < 1.29 is 37.3 Å². The number of esters is 1. The zero-order valence-corrected chi connectivity index (χ0v) is 21.5. The summed E-state index contributed by atoms with van der Waals surface area (Å²) in [5.74, 6) is -1.31. The fourth-order valence-electron chi connectivity index (χ4n) is 4.48. The van der Waals surface area contributed by atoms with E-state index in [-0.39, 0.29) is 38.7 Å². The molecule has 0 radical (unpaired) electrons. The number of nitrogens with zero attached hydrogens (tertiary/aromatic N) is 3. The van der Waals surface area contributed by atoms with Gasteiger partial charge in [0.05, 0.1) is 45.1 Å². The Kier molecular flexibility index (Phi) is 8.56. The lowest BCUT2D eigenvalue weighted by atomic mass is 10.1. The minimum atomic E-state index is -4.83. The van der Waals surface area contributed by atoms with Crippen LogP contribution in [0.4, 0.5) is 19.0 Å². The van der Waals surface area contributed by atoms with E-state index < -0.39 is 35.4 Å². The Morgan fingerprint density at radius 2 is 1.85 bits per heavy atom. The van der Waals surface area contributed by atoms with E-state index in [4.69, 9.17) is 9.84 Å². The molecule has 9 nitrogen and oxygen atoms in total. The molecule has 2 heterocycles. The number of halogens is 3. The number of methoxy groups -OCH3 is 1. The van der Waals surface area contributed by atoms with Crippen molar-refractivity contribution in [1.82, 2.24) is 15.1 Å². The van der Waals surface area contributed by atoms with Crippen LogP contribution in [0.15, 0.2) is 48.5 Å². The van der Waals surface area contributed by atoms with Crippen LogP contribution in [0.3, 0.4) is 0 Å². The Hall–Kier alpha value is -3.90. The number of ether oxygens (including phenoxy) is 2. The quantitative estimate of drug-likeness (QED) is 0.295. The van der Waals surface area contributed by atoms with Gasteiger partial charge in [-0.15, -0.1) is 0 Å². The van der Waals surface area contributed by atoms with Gasteiger partial charge in [-0.25, -0.2) is 9.48 Å². The Morgan fingerprint density at radius 1 is 1.13 bits per heavy atom. The molecule has 2 aromatic carbocycles. The summed E-state index contributed by atoms with van der Waals surface area (Å²) in [6.45, 7) is 2.89. The van der Waals surface area contributed by atoms with Gasteiger partial charge in [-0.3, -0.25) is 4.79 Å². The SMILES string of the molecule is COC(=O)c1ccc(C(C)NC(=O)c2c(C(F)(F)F)nn3c2N(Cc2cccc(COCCO)c2)CC3)cc1. The van der Waals surface area contributed by atoms with Gasteiger partial charge >= 0.3 is 12.1 Å². The summed E-state index contributed by atoms with van der Waals surface area (Å²) >= 11 is 0. The third-order valence-electron chi connectivity index (χ3n) is 6.35. The maximum Gasteiger partial charge on any atom is 0.436 e. The first kappa shape index (κ1) is 28.1. The van der Waals surface area contributed by atoms with Crippen LogP contribution < -0.4 is 10.2 Å². The number of carbonyl (C=O) groups excluding carboxylic acids is 2. The fourth-order valence-corrected chi connectivity index (χ4v) is 4.48. The lowest BCUT2D eigenvalue weighted by Crippen LogP contribution is -2.31. The number of benzene rings is 2. The molecule has 1 aliphatic rings. The maximum absolute atomic E-state index is 14.0. The van der Waals surface area contributed by atoms with E-state index in [0.717, 1.165) is 11.1 Å². The number of rotatable bonds is 10. The highest BCUT2D eigenvalue weighted by atomic mass is 19.4. The summed E-state index contributed by atoms with van der Waals surface area (Å²) in [6.07, 6.45) is -4.83. The molecule has 208 valence electrons. The van der Waals surface area contributed by atoms with Gasteiger partial charge in [0.1, 0.15) is 11.4 Å². The Labute approximate surface area is 223 Å². The molecule has 4 rings (SSSR count). The number of aromatic nitrogens is 2. The predicted molar refractivity (Wildman–Crippen MR) is 135 cm³/mol. The van der Waals surface area contributed by atoms with E-state index in [0.29, 0.717) is 17.7 Å². The van der Waals surface area contributed by atoms with Crippen molar-refractivity contribution in [2.24, 2.45) is 0 Å². The van der Waals surface area contributed by atoms with E-state index in [1.807, 2.05) is 24.3 Å². The number of nitrogens with one attached hydrogen (secondary N) is 1. The smallest absolute Gasteiger partial charge is 0.436 e. The Bertz CT molecular complexity index is 1320. The molecule has 1 aromatic heterocycles. The first-order valence-corrected chi connectivity index (χ1v) is 12.3. The van der Waals surface area contributed by atoms with Crippen molar-refractivity contribution in [2.45, 2.75) is 38.8 Å². The van der Waals surface area contributed by atoms with Crippen LogP contribution in [0.1, 0.15) is 56.1 Å².